The first-order valence-corrected chi connectivity index (χ1v) is 6.00. The molecule has 0 bridgehead atoms. The molecule has 2 heterocycles. The predicted octanol–water partition coefficient (Wildman–Crippen LogP) is 0.975. The predicted molar refractivity (Wildman–Crippen MR) is 69.3 cm³/mol. The monoisotopic (exact) mass is 261 g/mol. The van der Waals surface area contributed by atoms with Gasteiger partial charge in [0.2, 0.25) is 0 Å². The van der Waals surface area contributed by atoms with Gasteiger partial charge in [-0.25, -0.2) is 4.68 Å². The zero-order valence-electron chi connectivity index (χ0n) is 10.8. The smallest absolute Gasteiger partial charge is 0.310 e. The van der Waals surface area contributed by atoms with Crippen LogP contribution in [0.25, 0.3) is 5.69 Å². The van der Waals surface area contributed by atoms with Crippen molar-refractivity contribution in [2.24, 2.45) is 0 Å². The minimum Gasteiger partial charge on any atom is -0.466 e. The van der Waals surface area contributed by atoms with Crippen LogP contribution in [0.15, 0.2) is 29.3 Å². The molecule has 0 spiro atoms. The van der Waals surface area contributed by atoms with Crippen LogP contribution in [0.2, 0.25) is 0 Å². The van der Waals surface area contributed by atoms with Crippen LogP contribution in [0.5, 0.6) is 0 Å². The molecule has 0 saturated heterocycles. The summed E-state index contributed by atoms with van der Waals surface area (Å²) in [5.74, 6) is -0.399. The van der Waals surface area contributed by atoms with E-state index in [2.05, 4.69) is 10.1 Å². The van der Waals surface area contributed by atoms with Crippen LogP contribution >= 0.6 is 0 Å². The lowest BCUT2D eigenvalue weighted by molar-refractivity contribution is -0.142. The Labute approximate surface area is 110 Å². The second kappa shape index (κ2) is 5.51. The van der Waals surface area contributed by atoms with Crippen molar-refractivity contribution in [3.63, 3.8) is 0 Å². The summed E-state index contributed by atoms with van der Waals surface area (Å²) in [7, 11) is 0. The number of aromatic nitrogens is 3. The fourth-order valence-electron chi connectivity index (χ4n) is 1.82. The van der Waals surface area contributed by atoms with Crippen molar-refractivity contribution < 1.29 is 9.53 Å². The summed E-state index contributed by atoms with van der Waals surface area (Å²) in [5.41, 5.74) is 1.53. The molecule has 0 aliphatic heterocycles. The molecule has 0 amide bonds. The Bertz CT molecular complexity index is 628. The van der Waals surface area contributed by atoms with Crippen LogP contribution in [0.4, 0.5) is 0 Å². The molecule has 2 rings (SSSR count). The number of hydrogen-bond donors (Lipinski definition) is 1. The van der Waals surface area contributed by atoms with Crippen molar-refractivity contribution in [2.75, 3.05) is 6.61 Å². The van der Waals surface area contributed by atoms with E-state index in [0.29, 0.717) is 23.6 Å². The highest BCUT2D eigenvalue weighted by Crippen LogP contribution is 2.07. The van der Waals surface area contributed by atoms with E-state index in [0.717, 1.165) is 0 Å². The minimum absolute atomic E-state index is 0.0207. The standard InChI is InChI=1S/C13H15N3O3/c1-3-19-12(17)8-11-9(2)15-16(13(11)18)10-4-6-14-7-5-10/h4-7,15H,3,8H2,1-2H3. The summed E-state index contributed by atoms with van der Waals surface area (Å²) in [6.07, 6.45) is 3.18. The highest BCUT2D eigenvalue weighted by molar-refractivity contribution is 5.72. The Balaban J connectivity index is 2.36. The van der Waals surface area contributed by atoms with Gasteiger partial charge < -0.3 is 4.74 Å². The van der Waals surface area contributed by atoms with Crippen molar-refractivity contribution in [3.8, 4) is 5.69 Å². The molecule has 0 aromatic carbocycles. The molecule has 19 heavy (non-hydrogen) atoms. The van der Waals surface area contributed by atoms with Crippen LogP contribution in [0.3, 0.4) is 0 Å². The maximum atomic E-state index is 12.2. The number of H-pyrrole nitrogens is 1. The Morgan fingerprint density at radius 3 is 2.74 bits per heavy atom. The number of carbonyl (C=O) groups excluding carboxylic acids is 1. The molecule has 1 N–H and O–H groups in total. The molecule has 0 fully saturated rings. The number of aryl methyl sites for hydroxylation is 1. The Morgan fingerprint density at radius 2 is 2.11 bits per heavy atom. The first-order chi connectivity index (χ1) is 9.13. The van der Waals surface area contributed by atoms with Crippen LogP contribution in [-0.2, 0) is 16.0 Å². The van der Waals surface area contributed by atoms with E-state index in [-0.39, 0.29) is 12.0 Å². The Kier molecular flexibility index (Phi) is 3.79. The SMILES string of the molecule is CCOC(=O)Cc1c(C)[nH]n(-c2ccncc2)c1=O. The molecule has 0 saturated carbocycles. The minimum atomic E-state index is -0.399. The number of hydrogen-bond acceptors (Lipinski definition) is 4. The number of carbonyl (C=O) groups is 1. The number of rotatable bonds is 4. The lowest BCUT2D eigenvalue weighted by atomic mass is 10.2. The molecule has 0 aliphatic rings. The van der Waals surface area contributed by atoms with Crippen LogP contribution < -0.4 is 5.56 Å². The second-order valence-corrected chi connectivity index (χ2v) is 4.04. The van der Waals surface area contributed by atoms with Crippen molar-refractivity contribution in [2.45, 2.75) is 20.3 Å². The first kappa shape index (κ1) is 13.1. The van der Waals surface area contributed by atoms with Gasteiger partial charge in [0.1, 0.15) is 0 Å². The normalized spacial score (nSPS) is 10.4. The fourth-order valence-corrected chi connectivity index (χ4v) is 1.82. The highest BCUT2D eigenvalue weighted by Gasteiger charge is 2.16. The molecule has 0 radical (unpaired) electrons. The van der Waals surface area contributed by atoms with Gasteiger partial charge in [0.25, 0.3) is 5.56 Å². The fraction of sp³-hybridized carbons (Fsp3) is 0.308. The molecule has 6 nitrogen and oxygen atoms in total. The van der Waals surface area contributed by atoms with E-state index in [1.54, 1.807) is 38.4 Å². The highest BCUT2D eigenvalue weighted by atomic mass is 16.5. The zero-order chi connectivity index (χ0) is 13.8. The maximum absolute atomic E-state index is 12.2. The molecule has 6 heteroatoms. The van der Waals surface area contributed by atoms with Crippen molar-refractivity contribution in [1.82, 2.24) is 14.8 Å². The van der Waals surface area contributed by atoms with Gasteiger partial charge in [-0.2, -0.15) is 0 Å². The number of aromatic amines is 1. The average molecular weight is 261 g/mol. The van der Waals surface area contributed by atoms with Crippen LogP contribution in [0, 0.1) is 6.92 Å². The molecule has 2 aromatic rings. The van der Waals surface area contributed by atoms with Gasteiger partial charge in [0.15, 0.2) is 0 Å². The number of nitrogens with zero attached hydrogens (tertiary/aromatic N) is 2. The van der Waals surface area contributed by atoms with Gasteiger partial charge in [-0.3, -0.25) is 19.7 Å². The molecule has 0 atom stereocenters. The van der Waals surface area contributed by atoms with E-state index in [4.69, 9.17) is 4.74 Å². The van der Waals surface area contributed by atoms with E-state index >= 15 is 0 Å². The molecule has 0 aliphatic carbocycles. The summed E-state index contributed by atoms with van der Waals surface area (Å²) < 4.78 is 6.25. The third-order valence-electron chi connectivity index (χ3n) is 2.74. The van der Waals surface area contributed by atoms with Gasteiger partial charge in [-0.1, -0.05) is 0 Å². The number of pyridine rings is 1. The molecular formula is C13H15N3O3. The topological polar surface area (TPSA) is 77.0 Å². The third-order valence-corrected chi connectivity index (χ3v) is 2.74. The van der Waals surface area contributed by atoms with Crippen LogP contribution in [0.1, 0.15) is 18.2 Å². The Hall–Kier alpha value is -2.37. The lowest BCUT2D eigenvalue weighted by Gasteiger charge is -1.99. The van der Waals surface area contributed by atoms with Crippen molar-refractivity contribution in [3.05, 3.63) is 46.1 Å². The summed E-state index contributed by atoms with van der Waals surface area (Å²) in [6.45, 7) is 3.80. The quantitative estimate of drug-likeness (QED) is 0.832. The zero-order valence-corrected chi connectivity index (χ0v) is 10.8. The summed E-state index contributed by atoms with van der Waals surface area (Å²) >= 11 is 0. The maximum Gasteiger partial charge on any atom is 0.310 e. The summed E-state index contributed by atoms with van der Waals surface area (Å²) in [6, 6.07) is 3.43. The first-order valence-electron chi connectivity index (χ1n) is 6.00. The number of ether oxygens (including phenoxy) is 1. The van der Waals surface area contributed by atoms with Gasteiger partial charge in [-0.05, 0) is 26.0 Å². The van der Waals surface area contributed by atoms with E-state index < -0.39 is 5.97 Å². The van der Waals surface area contributed by atoms with Gasteiger partial charge in [0.05, 0.1) is 24.3 Å². The lowest BCUT2D eigenvalue weighted by Crippen LogP contribution is -2.20. The molecule has 0 unspecified atom stereocenters. The van der Waals surface area contributed by atoms with Crippen LogP contribution in [-0.4, -0.2) is 27.3 Å². The average Bonchev–Trinajstić information content (AvgIpc) is 2.68. The molecular weight excluding hydrogens is 246 g/mol. The van der Waals surface area contributed by atoms with E-state index in [1.807, 2.05) is 0 Å². The summed E-state index contributed by atoms with van der Waals surface area (Å²) in [4.78, 5) is 27.6. The Morgan fingerprint density at radius 1 is 1.42 bits per heavy atom. The van der Waals surface area contributed by atoms with E-state index in [9.17, 15) is 9.59 Å². The number of nitrogens with one attached hydrogen (secondary N) is 1. The second-order valence-electron chi connectivity index (χ2n) is 4.04. The van der Waals surface area contributed by atoms with Gasteiger partial charge in [-0.15, -0.1) is 0 Å². The number of esters is 1. The summed E-state index contributed by atoms with van der Waals surface area (Å²) in [5, 5.41) is 2.95. The molecule has 2 aromatic heterocycles. The van der Waals surface area contributed by atoms with Gasteiger partial charge in [0, 0.05) is 18.1 Å². The largest absolute Gasteiger partial charge is 0.466 e. The van der Waals surface area contributed by atoms with Gasteiger partial charge >= 0.3 is 5.97 Å². The third kappa shape index (κ3) is 2.73. The van der Waals surface area contributed by atoms with Crippen molar-refractivity contribution in [1.29, 1.82) is 0 Å². The van der Waals surface area contributed by atoms with Crippen molar-refractivity contribution >= 4 is 5.97 Å². The molecule has 100 valence electrons. The van der Waals surface area contributed by atoms with E-state index in [1.165, 1.54) is 4.68 Å².